The van der Waals surface area contributed by atoms with E-state index in [0.29, 0.717) is 37.2 Å². The first-order valence-electron chi connectivity index (χ1n) is 9.98. The average molecular weight is 447 g/mol. The second-order valence-corrected chi connectivity index (χ2v) is 9.74. The van der Waals surface area contributed by atoms with Gasteiger partial charge in [0, 0.05) is 45.7 Å². The smallest absolute Gasteiger partial charge is 0.292 e. The lowest BCUT2D eigenvalue weighted by Crippen LogP contribution is -2.40. The molecule has 1 amide bonds. The van der Waals surface area contributed by atoms with Gasteiger partial charge in [0.1, 0.15) is 5.69 Å². The van der Waals surface area contributed by atoms with Crippen LogP contribution in [0.25, 0.3) is 0 Å². The van der Waals surface area contributed by atoms with Gasteiger partial charge < -0.3 is 10.2 Å². The fourth-order valence-corrected chi connectivity index (χ4v) is 4.81. The number of nitrogens with one attached hydrogen (secondary N) is 1. The lowest BCUT2D eigenvalue weighted by Gasteiger charge is -2.32. The largest absolute Gasteiger partial charge is 0.366 e. The van der Waals surface area contributed by atoms with Crippen LogP contribution in [0, 0.1) is 16.0 Å². The highest BCUT2D eigenvalue weighted by Gasteiger charge is 2.28. The van der Waals surface area contributed by atoms with E-state index in [1.165, 1.54) is 26.2 Å². The molecule has 1 aliphatic heterocycles. The molecule has 0 bridgehead atoms. The fraction of sp³-hybridized carbons (Fsp3) is 0.381. The molecule has 0 aromatic heterocycles. The number of para-hydroxylation sites is 2. The molecule has 0 spiro atoms. The summed E-state index contributed by atoms with van der Waals surface area (Å²) in [4.78, 5) is 25.7. The average Bonchev–Trinajstić information content (AvgIpc) is 2.77. The third kappa shape index (κ3) is 5.02. The molecule has 1 saturated heterocycles. The lowest BCUT2D eigenvalue weighted by atomic mass is 9.95. The summed E-state index contributed by atoms with van der Waals surface area (Å²) >= 11 is 0. The van der Waals surface area contributed by atoms with E-state index in [-0.39, 0.29) is 29.0 Å². The highest BCUT2D eigenvalue weighted by Crippen LogP contribution is 2.31. The number of rotatable bonds is 7. The van der Waals surface area contributed by atoms with Crippen LogP contribution in [0.1, 0.15) is 18.4 Å². The van der Waals surface area contributed by atoms with Gasteiger partial charge in [0.05, 0.1) is 9.82 Å². The van der Waals surface area contributed by atoms with Gasteiger partial charge in [-0.1, -0.05) is 30.3 Å². The number of hydrogen-bond donors (Lipinski definition) is 1. The molecule has 31 heavy (non-hydrogen) atoms. The predicted octanol–water partition coefficient (Wildman–Crippen LogP) is 2.38. The molecule has 1 fully saturated rings. The van der Waals surface area contributed by atoms with Crippen LogP contribution in [0.15, 0.2) is 53.4 Å². The predicted molar refractivity (Wildman–Crippen MR) is 117 cm³/mol. The van der Waals surface area contributed by atoms with Crippen molar-refractivity contribution in [3.63, 3.8) is 0 Å². The maximum absolute atomic E-state index is 12.7. The molecule has 0 aliphatic carbocycles. The Hall–Kier alpha value is -2.98. The first-order chi connectivity index (χ1) is 14.7. The van der Waals surface area contributed by atoms with Gasteiger partial charge in [0.15, 0.2) is 0 Å². The first kappa shape index (κ1) is 22.7. The van der Waals surface area contributed by atoms with E-state index in [4.69, 9.17) is 0 Å². The van der Waals surface area contributed by atoms with E-state index in [1.807, 2.05) is 4.90 Å². The van der Waals surface area contributed by atoms with Crippen LogP contribution in [-0.4, -0.2) is 50.7 Å². The molecule has 2 aromatic carbocycles. The molecular formula is C21H26N4O5S. The number of hydrogen-bond acceptors (Lipinski definition) is 6. The summed E-state index contributed by atoms with van der Waals surface area (Å²) in [5.41, 5.74) is 1.15. The van der Waals surface area contributed by atoms with Crippen molar-refractivity contribution in [3.8, 4) is 0 Å². The van der Waals surface area contributed by atoms with Crippen molar-refractivity contribution in [3.05, 3.63) is 64.2 Å². The molecular weight excluding hydrogens is 420 g/mol. The maximum atomic E-state index is 12.7. The number of piperidine rings is 1. The molecule has 2 aromatic rings. The molecule has 1 N–H and O–H groups in total. The molecule has 0 atom stereocenters. The molecule has 3 rings (SSSR count). The Morgan fingerprint density at radius 1 is 1.13 bits per heavy atom. The summed E-state index contributed by atoms with van der Waals surface area (Å²) in [6, 6.07) is 13.2. The van der Waals surface area contributed by atoms with E-state index in [2.05, 4.69) is 5.32 Å². The monoisotopic (exact) mass is 446 g/mol. The van der Waals surface area contributed by atoms with Crippen molar-refractivity contribution in [2.24, 2.45) is 5.92 Å². The fourth-order valence-electron chi connectivity index (χ4n) is 3.69. The summed E-state index contributed by atoms with van der Waals surface area (Å²) in [6.07, 6.45) is 1.13. The normalized spacial score (nSPS) is 15.1. The number of sulfonamides is 1. The number of nitro groups is 1. The van der Waals surface area contributed by atoms with Crippen molar-refractivity contribution in [1.29, 1.82) is 0 Å². The second kappa shape index (κ2) is 9.44. The summed E-state index contributed by atoms with van der Waals surface area (Å²) in [5, 5.41) is 14.1. The maximum Gasteiger partial charge on any atom is 0.292 e. The van der Waals surface area contributed by atoms with Crippen LogP contribution in [0.4, 0.5) is 11.4 Å². The standard InChI is InChI=1S/C21H26N4O5S/c1-23(2)31(29,30)20-10-6-3-7-17(20)15-22-21(26)16-11-13-24(14-12-16)18-8-4-5-9-19(18)25(27)28/h3-10,16H,11-15H2,1-2H3,(H,22,26). The number of benzene rings is 2. The van der Waals surface area contributed by atoms with Gasteiger partial charge in [0.2, 0.25) is 15.9 Å². The molecule has 0 radical (unpaired) electrons. The first-order valence-corrected chi connectivity index (χ1v) is 11.4. The van der Waals surface area contributed by atoms with Crippen LogP contribution >= 0.6 is 0 Å². The SMILES string of the molecule is CN(C)S(=O)(=O)c1ccccc1CNC(=O)C1CCN(c2ccccc2[N+](=O)[O-])CC1. The summed E-state index contributed by atoms with van der Waals surface area (Å²) in [5.74, 6) is -0.365. The number of amides is 1. The Morgan fingerprint density at radius 2 is 1.74 bits per heavy atom. The number of anilines is 1. The van der Waals surface area contributed by atoms with E-state index >= 15 is 0 Å². The van der Waals surface area contributed by atoms with Crippen LogP contribution in [0.3, 0.4) is 0 Å². The van der Waals surface area contributed by atoms with Crippen LogP contribution < -0.4 is 10.2 Å². The zero-order chi connectivity index (χ0) is 22.6. The molecule has 1 heterocycles. The zero-order valence-corrected chi connectivity index (χ0v) is 18.3. The molecule has 166 valence electrons. The summed E-state index contributed by atoms with van der Waals surface area (Å²) < 4.78 is 26.2. The highest BCUT2D eigenvalue weighted by atomic mass is 32.2. The topological polar surface area (TPSA) is 113 Å². The van der Waals surface area contributed by atoms with Gasteiger partial charge in [-0.25, -0.2) is 12.7 Å². The van der Waals surface area contributed by atoms with Crippen molar-refractivity contribution in [1.82, 2.24) is 9.62 Å². The number of nitro benzene ring substituents is 1. The van der Waals surface area contributed by atoms with E-state index in [9.17, 15) is 23.3 Å². The molecule has 9 nitrogen and oxygen atoms in total. The van der Waals surface area contributed by atoms with Gasteiger partial charge >= 0.3 is 0 Å². The second-order valence-electron chi connectivity index (χ2n) is 7.62. The third-order valence-electron chi connectivity index (χ3n) is 5.47. The molecule has 1 aliphatic rings. The van der Waals surface area contributed by atoms with Gasteiger partial charge in [-0.05, 0) is 30.5 Å². The van der Waals surface area contributed by atoms with Crippen LogP contribution in [0.5, 0.6) is 0 Å². The van der Waals surface area contributed by atoms with Crippen LogP contribution in [0.2, 0.25) is 0 Å². The van der Waals surface area contributed by atoms with Crippen molar-refractivity contribution >= 4 is 27.3 Å². The Morgan fingerprint density at radius 3 is 2.39 bits per heavy atom. The van der Waals surface area contributed by atoms with Gasteiger partial charge in [-0.3, -0.25) is 14.9 Å². The Bertz CT molecular complexity index is 1060. The lowest BCUT2D eigenvalue weighted by molar-refractivity contribution is -0.384. The quantitative estimate of drug-likeness (QED) is 0.516. The van der Waals surface area contributed by atoms with E-state index in [0.717, 1.165) is 4.31 Å². The van der Waals surface area contributed by atoms with Crippen molar-refractivity contribution < 1.29 is 18.1 Å². The van der Waals surface area contributed by atoms with Crippen molar-refractivity contribution in [2.75, 3.05) is 32.1 Å². The Labute approximate surface area is 181 Å². The minimum atomic E-state index is -3.61. The van der Waals surface area contributed by atoms with Gasteiger partial charge in [0.25, 0.3) is 5.69 Å². The Kier molecular flexibility index (Phi) is 6.91. The minimum Gasteiger partial charge on any atom is -0.366 e. The summed E-state index contributed by atoms with van der Waals surface area (Å²) in [6.45, 7) is 1.19. The third-order valence-corrected chi connectivity index (χ3v) is 7.38. The minimum absolute atomic E-state index is 0.0594. The van der Waals surface area contributed by atoms with E-state index in [1.54, 1.807) is 36.4 Å². The number of carbonyl (C=O) groups excluding carboxylic acids is 1. The Balaban J connectivity index is 1.62. The number of carbonyl (C=O) groups is 1. The summed E-state index contributed by atoms with van der Waals surface area (Å²) in [7, 11) is -0.673. The zero-order valence-electron chi connectivity index (χ0n) is 17.5. The molecule has 10 heteroatoms. The van der Waals surface area contributed by atoms with Crippen LogP contribution in [-0.2, 0) is 21.4 Å². The number of nitrogens with zero attached hydrogens (tertiary/aromatic N) is 3. The molecule has 0 saturated carbocycles. The van der Waals surface area contributed by atoms with Crippen molar-refractivity contribution in [2.45, 2.75) is 24.3 Å². The molecule has 0 unspecified atom stereocenters. The van der Waals surface area contributed by atoms with E-state index < -0.39 is 14.9 Å². The van der Waals surface area contributed by atoms with Gasteiger partial charge in [-0.15, -0.1) is 0 Å². The van der Waals surface area contributed by atoms with Gasteiger partial charge in [-0.2, -0.15) is 0 Å². The highest BCUT2D eigenvalue weighted by molar-refractivity contribution is 7.89.